The summed E-state index contributed by atoms with van der Waals surface area (Å²) in [7, 11) is 1.55. The molecule has 0 fully saturated rings. The fourth-order valence-electron chi connectivity index (χ4n) is 5.69. The van der Waals surface area contributed by atoms with Gasteiger partial charge in [-0.15, -0.1) is 0 Å². The number of hydrogen-bond donors (Lipinski definition) is 0. The van der Waals surface area contributed by atoms with Crippen LogP contribution in [0.25, 0.3) is 28.2 Å². The van der Waals surface area contributed by atoms with Crippen LogP contribution in [0.1, 0.15) is 42.3 Å². The standard InChI is InChI=1S/C34H29N3O7S/c1-6-43-33(39)29-20(4)35-34-36(31(29)30-24-10-8-7-9-21(24)11-13-27(30)42-5)32(38)28(45-34)17-23-12-14-26(44-23)22-15-18(2)19(3)25(16-22)37(40)41/h7-17,31H,6H2,1-5H3/b28-17-/t31-/m1/s1. The lowest BCUT2D eigenvalue weighted by molar-refractivity contribution is -0.385. The van der Waals surface area contributed by atoms with E-state index in [1.54, 1.807) is 46.1 Å². The van der Waals surface area contributed by atoms with E-state index in [1.165, 1.54) is 22.0 Å². The van der Waals surface area contributed by atoms with Gasteiger partial charge in [-0.2, -0.15) is 0 Å². The minimum atomic E-state index is -0.869. The number of aryl methyl sites for hydroxylation is 1. The smallest absolute Gasteiger partial charge is 0.338 e. The zero-order valence-corrected chi connectivity index (χ0v) is 26.1. The van der Waals surface area contributed by atoms with Gasteiger partial charge in [0.1, 0.15) is 23.3 Å². The molecule has 3 aromatic carbocycles. The van der Waals surface area contributed by atoms with Crippen LogP contribution in [0.3, 0.4) is 0 Å². The summed E-state index contributed by atoms with van der Waals surface area (Å²) in [4.78, 5) is 43.9. The van der Waals surface area contributed by atoms with Crippen molar-refractivity contribution in [2.24, 2.45) is 4.99 Å². The van der Waals surface area contributed by atoms with Crippen LogP contribution in [0.15, 0.2) is 86.1 Å². The Bertz CT molecular complexity index is 2240. The summed E-state index contributed by atoms with van der Waals surface area (Å²) in [5.74, 6) is 0.768. The number of nitrogens with zero attached hydrogens (tertiary/aromatic N) is 3. The minimum absolute atomic E-state index is 0.00731. The van der Waals surface area contributed by atoms with Crippen LogP contribution in [0.4, 0.5) is 5.69 Å². The van der Waals surface area contributed by atoms with Gasteiger partial charge in [0.15, 0.2) is 4.80 Å². The van der Waals surface area contributed by atoms with E-state index in [4.69, 9.17) is 13.9 Å². The van der Waals surface area contributed by atoms with Crippen molar-refractivity contribution in [3.63, 3.8) is 0 Å². The molecule has 3 heterocycles. The zero-order valence-electron chi connectivity index (χ0n) is 25.2. The number of allylic oxidation sites excluding steroid dienone is 1. The van der Waals surface area contributed by atoms with Gasteiger partial charge >= 0.3 is 5.97 Å². The molecule has 0 amide bonds. The number of esters is 1. The molecule has 1 aliphatic heterocycles. The van der Waals surface area contributed by atoms with E-state index in [0.29, 0.717) is 49.0 Å². The Kier molecular flexibility index (Phi) is 7.71. The largest absolute Gasteiger partial charge is 0.496 e. The molecule has 0 saturated heterocycles. The van der Waals surface area contributed by atoms with Crippen molar-refractivity contribution < 1.29 is 23.6 Å². The number of aromatic nitrogens is 1. The molecular formula is C34H29N3O7S. The first kappa shape index (κ1) is 29.8. The predicted octanol–water partition coefficient (Wildman–Crippen LogP) is 5.75. The van der Waals surface area contributed by atoms with Crippen molar-refractivity contribution >= 4 is 39.8 Å². The van der Waals surface area contributed by atoms with Crippen LogP contribution in [0.5, 0.6) is 5.75 Å². The topological polar surface area (TPSA) is 126 Å². The molecule has 0 bridgehead atoms. The van der Waals surface area contributed by atoms with Gasteiger partial charge in [-0.3, -0.25) is 19.5 Å². The summed E-state index contributed by atoms with van der Waals surface area (Å²) in [6, 6.07) is 17.3. The van der Waals surface area contributed by atoms with E-state index in [1.807, 2.05) is 49.4 Å². The number of hydrogen-bond acceptors (Lipinski definition) is 9. The number of furan rings is 1. The lowest BCUT2D eigenvalue weighted by Gasteiger charge is -2.27. The first-order valence-corrected chi connectivity index (χ1v) is 15.1. The third-order valence-corrected chi connectivity index (χ3v) is 8.95. The Morgan fingerprint density at radius 3 is 2.64 bits per heavy atom. The minimum Gasteiger partial charge on any atom is -0.496 e. The highest BCUT2D eigenvalue weighted by atomic mass is 32.1. The number of benzene rings is 3. The number of carbonyl (C=O) groups excluding carboxylic acids is 1. The van der Waals surface area contributed by atoms with E-state index in [9.17, 15) is 19.7 Å². The summed E-state index contributed by atoms with van der Waals surface area (Å²) in [5, 5.41) is 13.3. The molecule has 0 spiro atoms. The molecule has 228 valence electrons. The maximum atomic E-state index is 14.2. The number of rotatable bonds is 7. The van der Waals surface area contributed by atoms with E-state index in [0.717, 1.165) is 16.3 Å². The van der Waals surface area contributed by atoms with Crippen LogP contribution in [-0.2, 0) is 9.53 Å². The van der Waals surface area contributed by atoms with Gasteiger partial charge in [0.2, 0.25) is 0 Å². The highest BCUT2D eigenvalue weighted by molar-refractivity contribution is 7.07. The molecule has 0 saturated carbocycles. The molecule has 0 unspecified atom stereocenters. The predicted molar refractivity (Wildman–Crippen MR) is 171 cm³/mol. The molecule has 1 atom stereocenters. The second-order valence-corrected chi connectivity index (χ2v) is 11.6. The van der Waals surface area contributed by atoms with Crippen molar-refractivity contribution in [3.8, 4) is 17.1 Å². The Hall–Kier alpha value is -5.29. The summed E-state index contributed by atoms with van der Waals surface area (Å²) in [6.07, 6.45) is 1.61. The van der Waals surface area contributed by atoms with E-state index in [2.05, 4.69) is 4.99 Å². The Morgan fingerprint density at radius 2 is 1.91 bits per heavy atom. The molecule has 5 aromatic rings. The molecule has 1 aliphatic rings. The summed E-state index contributed by atoms with van der Waals surface area (Å²) < 4.78 is 19.1. The number of fused-ring (bicyclic) bond motifs is 2. The van der Waals surface area contributed by atoms with Crippen LogP contribution < -0.4 is 19.6 Å². The van der Waals surface area contributed by atoms with Crippen molar-refractivity contribution in [1.82, 2.24) is 4.57 Å². The van der Waals surface area contributed by atoms with Crippen molar-refractivity contribution in [2.45, 2.75) is 33.7 Å². The monoisotopic (exact) mass is 623 g/mol. The molecule has 0 aliphatic carbocycles. The highest BCUT2D eigenvalue weighted by Gasteiger charge is 2.36. The zero-order chi connectivity index (χ0) is 32.0. The first-order chi connectivity index (χ1) is 21.6. The number of thiazole rings is 1. The van der Waals surface area contributed by atoms with Crippen molar-refractivity contribution in [1.29, 1.82) is 0 Å². The normalized spacial score (nSPS) is 14.8. The van der Waals surface area contributed by atoms with Crippen LogP contribution in [0.2, 0.25) is 0 Å². The molecule has 0 N–H and O–H groups in total. The van der Waals surface area contributed by atoms with Crippen molar-refractivity contribution in [3.05, 3.63) is 124 Å². The van der Waals surface area contributed by atoms with Crippen LogP contribution in [0, 0.1) is 24.0 Å². The maximum absolute atomic E-state index is 14.2. The van der Waals surface area contributed by atoms with Crippen LogP contribution >= 0.6 is 11.3 Å². The summed E-state index contributed by atoms with van der Waals surface area (Å²) >= 11 is 1.17. The maximum Gasteiger partial charge on any atom is 0.338 e. The van der Waals surface area contributed by atoms with E-state index in [-0.39, 0.29) is 23.4 Å². The summed E-state index contributed by atoms with van der Waals surface area (Å²) in [5.41, 5.74) is 2.90. The lowest BCUT2D eigenvalue weighted by Crippen LogP contribution is -2.40. The highest BCUT2D eigenvalue weighted by Crippen LogP contribution is 2.40. The summed E-state index contributed by atoms with van der Waals surface area (Å²) in [6.45, 7) is 7.13. The molecular weight excluding hydrogens is 594 g/mol. The Morgan fingerprint density at radius 1 is 1.13 bits per heavy atom. The van der Waals surface area contributed by atoms with Gasteiger partial charge < -0.3 is 13.9 Å². The second-order valence-electron chi connectivity index (χ2n) is 10.6. The average molecular weight is 624 g/mol. The fraction of sp³-hybridized carbons (Fsp3) is 0.206. The second kappa shape index (κ2) is 11.7. The Balaban J connectivity index is 1.54. The van der Waals surface area contributed by atoms with E-state index >= 15 is 0 Å². The SMILES string of the molecule is CCOC(=O)C1=C(C)N=c2s/c(=C\c3ccc(-c4cc(C)c(C)c([N+](=O)[O-])c4)o3)c(=O)n2[C@H]1c1c(OC)ccc2ccccc12. The number of nitro benzene ring substituents is 1. The fourth-order valence-corrected chi connectivity index (χ4v) is 6.71. The number of ether oxygens (including phenoxy) is 2. The third-order valence-electron chi connectivity index (χ3n) is 7.96. The quantitative estimate of drug-likeness (QED) is 0.128. The lowest BCUT2D eigenvalue weighted by atomic mass is 9.90. The van der Waals surface area contributed by atoms with Crippen LogP contribution in [-0.4, -0.2) is 29.2 Å². The van der Waals surface area contributed by atoms with Gasteiger partial charge in [-0.25, -0.2) is 9.79 Å². The molecule has 6 rings (SSSR count). The third kappa shape index (κ3) is 5.14. The van der Waals surface area contributed by atoms with Gasteiger partial charge in [0.25, 0.3) is 11.2 Å². The first-order valence-electron chi connectivity index (χ1n) is 14.2. The van der Waals surface area contributed by atoms with Gasteiger partial charge in [-0.1, -0.05) is 41.7 Å². The van der Waals surface area contributed by atoms with Gasteiger partial charge in [0.05, 0.1) is 34.4 Å². The molecule has 11 heteroatoms. The number of nitro groups is 1. The molecule has 10 nitrogen and oxygen atoms in total. The van der Waals surface area contributed by atoms with Crippen molar-refractivity contribution in [2.75, 3.05) is 13.7 Å². The average Bonchev–Trinajstić information content (AvgIpc) is 3.61. The number of carbonyl (C=O) groups is 1. The number of methoxy groups -OCH3 is 1. The molecule has 45 heavy (non-hydrogen) atoms. The van der Waals surface area contributed by atoms with Gasteiger partial charge in [0, 0.05) is 28.8 Å². The molecule has 0 radical (unpaired) electrons. The van der Waals surface area contributed by atoms with Gasteiger partial charge in [-0.05, 0) is 68.3 Å². The Labute approximate surface area is 261 Å². The van der Waals surface area contributed by atoms with E-state index < -0.39 is 16.9 Å². The molecule has 2 aromatic heterocycles.